The van der Waals surface area contributed by atoms with Crippen molar-refractivity contribution in [3.63, 3.8) is 0 Å². The van der Waals surface area contributed by atoms with E-state index in [9.17, 15) is 0 Å². The standard InChI is InChI=1S/C15H14ClN3/c1-9-3-5-11(6-4-9)14-10(2)19-13(16)8-7-12(17)15(19)18-14/h3-8H,17H2,1-2H3. The van der Waals surface area contributed by atoms with Crippen molar-refractivity contribution < 1.29 is 0 Å². The molecule has 0 aliphatic carbocycles. The highest BCUT2D eigenvalue weighted by atomic mass is 35.5. The van der Waals surface area contributed by atoms with Gasteiger partial charge in [0.05, 0.1) is 11.4 Å². The number of hydrogen-bond donors (Lipinski definition) is 1. The topological polar surface area (TPSA) is 43.3 Å². The molecule has 3 nitrogen and oxygen atoms in total. The molecule has 0 bridgehead atoms. The third kappa shape index (κ3) is 1.87. The van der Waals surface area contributed by atoms with E-state index in [2.05, 4.69) is 36.2 Å². The Kier molecular flexibility index (Phi) is 2.72. The first kappa shape index (κ1) is 12.1. The fourth-order valence-electron chi connectivity index (χ4n) is 2.25. The van der Waals surface area contributed by atoms with E-state index in [0.717, 1.165) is 17.0 Å². The second kappa shape index (κ2) is 4.28. The molecule has 19 heavy (non-hydrogen) atoms. The molecule has 0 saturated heterocycles. The monoisotopic (exact) mass is 271 g/mol. The van der Waals surface area contributed by atoms with Gasteiger partial charge in [-0.25, -0.2) is 4.98 Å². The highest BCUT2D eigenvalue weighted by molar-refractivity contribution is 6.30. The zero-order valence-electron chi connectivity index (χ0n) is 10.8. The van der Waals surface area contributed by atoms with E-state index < -0.39 is 0 Å². The molecule has 96 valence electrons. The summed E-state index contributed by atoms with van der Waals surface area (Å²) >= 11 is 6.23. The molecule has 0 atom stereocenters. The summed E-state index contributed by atoms with van der Waals surface area (Å²) in [6.45, 7) is 4.07. The first-order valence-electron chi connectivity index (χ1n) is 6.08. The number of aryl methyl sites for hydroxylation is 2. The van der Waals surface area contributed by atoms with Gasteiger partial charge < -0.3 is 5.73 Å². The quantitative estimate of drug-likeness (QED) is 0.683. The van der Waals surface area contributed by atoms with Gasteiger partial charge in [-0.05, 0) is 26.0 Å². The largest absolute Gasteiger partial charge is 0.396 e. The van der Waals surface area contributed by atoms with Crippen LogP contribution in [0.3, 0.4) is 0 Å². The maximum absolute atomic E-state index is 6.23. The number of pyridine rings is 1. The molecule has 2 aromatic heterocycles. The summed E-state index contributed by atoms with van der Waals surface area (Å²) in [5.41, 5.74) is 11.5. The Balaban J connectivity index is 2.31. The van der Waals surface area contributed by atoms with Crippen molar-refractivity contribution in [2.24, 2.45) is 0 Å². The Labute approximate surface area is 116 Å². The van der Waals surface area contributed by atoms with Crippen molar-refractivity contribution in [1.29, 1.82) is 0 Å². The van der Waals surface area contributed by atoms with Gasteiger partial charge in [0.1, 0.15) is 5.15 Å². The maximum atomic E-state index is 6.23. The van der Waals surface area contributed by atoms with Crippen LogP contribution >= 0.6 is 11.6 Å². The SMILES string of the molecule is Cc1ccc(-c2nc3c(N)ccc(Cl)n3c2C)cc1. The van der Waals surface area contributed by atoms with Crippen LogP contribution in [0.4, 0.5) is 5.69 Å². The van der Waals surface area contributed by atoms with Crippen molar-refractivity contribution in [2.75, 3.05) is 5.73 Å². The lowest BCUT2D eigenvalue weighted by atomic mass is 10.1. The Hall–Kier alpha value is -2.00. The summed E-state index contributed by atoms with van der Waals surface area (Å²) in [5.74, 6) is 0. The molecular formula is C15H14ClN3. The number of imidazole rings is 1. The highest BCUT2D eigenvalue weighted by Crippen LogP contribution is 2.29. The van der Waals surface area contributed by atoms with Crippen molar-refractivity contribution in [3.8, 4) is 11.3 Å². The van der Waals surface area contributed by atoms with E-state index >= 15 is 0 Å². The number of rotatable bonds is 1. The predicted molar refractivity (Wildman–Crippen MR) is 79.5 cm³/mol. The van der Waals surface area contributed by atoms with Crippen LogP contribution in [0.5, 0.6) is 0 Å². The van der Waals surface area contributed by atoms with Crippen LogP contribution in [0, 0.1) is 13.8 Å². The van der Waals surface area contributed by atoms with Crippen LogP contribution in [0.2, 0.25) is 5.15 Å². The Bertz CT molecular complexity index is 757. The van der Waals surface area contributed by atoms with Crippen LogP contribution in [-0.4, -0.2) is 9.38 Å². The van der Waals surface area contributed by atoms with Gasteiger partial charge in [-0.15, -0.1) is 0 Å². The van der Waals surface area contributed by atoms with E-state index in [1.54, 1.807) is 12.1 Å². The minimum atomic E-state index is 0.618. The molecule has 0 unspecified atom stereocenters. The average Bonchev–Trinajstić information content (AvgIpc) is 2.74. The summed E-state index contributed by atoms with van der Waals surface area (Å²) in [6.07, 6.45) is 0. The van der Waals surface area contributed by atoms with Crippen LogP contribution in [0.25, 0.3) is 16.9 Å². The Morgan fingerprint density at radius 2 is 1.74 bits per heavy atom. The number of nitrogens with zero attached hydrogens (tertiary/aromatic N) is 2. The van der Waals surface area contributed by atoms with Crippen molar-refractivity contribution in [2.45, 2.75) is 13.8 Å². The second-order valence-electron chi connectivity index (χ2n) is 4.68. The summed E-state index contributed by atoms with van der Waals surface area (Å²) in [4.78, 5) is 4.63. The molecule has 0 amide bonds. The van der Waals surface area contributed by atoms with E-state index in [0.29, 0.717) is 16.5 Å². The third-order valence-electron chi connectivity index (χ3n) is 3.30. The van der Waals surface area contributed by atoms with Gasteiger partial charge in [0.2, 0.25) is 0 Å². The van der Waals surface area contributed by atoms with Crippen LogP contribution < -0.4 is 5.73 Å². The van der Waals surface area contributed by atoms with E-state index in [1.165, 1.54) is 5.56 Å². The normalized spacial score (nSPS) is 11.1. The number of nitrogens with two attached hydrogens (primary N) is 1. The smallest absolute Gasteiger partial charge is 0.162 e. The highest BCUT2D eigenvalue weighted by Gasteiger charge is 2.14. The average molecular weight is 272 g/mol. The summed E-state index contributed by atoms with van der Waals surface area (Å²) < 4.78 is 1.88. The molecule has 0 fully saturated rings. The molecular weight excluding hydrogens is 258 g/mol. The van der Waals surface area contributed by atoms with Gasteiger partial charge in [-0.2, -0.15) is 0 Å². The fourth-order valence-corrected chi connectivity index (χ4v) is 2.52. The third-order valence-corrected chi connectivity index (χ3v) is 3.60. The number of fused-ring (bicyclic) bond motifs is 1. The van der Waals surface area contributed by atoms with Gasteiger partial charge in [0.15, 0.2) is 5.65 Å². The van der Waals surface area contributed by atoms with Crippen molar-refractivity contribution in [3.05, 3.63) is 52.8 Å². The fraction of sp³-hybridized carbons (Fsp3) is 0.133. The first-order chi connectivity index (χ1) is 9.08. The summed E-state index contributed by atoms with van der Waals surface area (Å²) in [5, 5.41) is 0.618. The lowest BCUT2D eigenvalue weighted by molar-refractivity contribution is 1.11. The Morgan fingerprint density at radius 1 is 1.05 bits per heavy atom. The van der Waals surface area contributed by atoms with E-state index in [-0.39, 0.29) is 0 Å². The second-order valence-corrected chi connectivity index (χ2v) is 5.07. The first-order valence-corrected chi connectivity index (χ1v) is 6.46. The van der Waals surface area contributed by atoms with Crippen molar-refractivity contribution >= 4 is 22.9 Å². The minimum absolute atomic E-state index is 0.618. The molecule has 0 aliphatic rings. The zero-order chi connectivity index (χ0) is 13.6. The van der Waals surface area contributed by atoms with Gasteiger partial charge in [-0.3, -0.25) is 4.40 Å². The molecule has 2 heterocycles. The zero-order valence-corrected chi connectivity index (χ0v) is 11.6. The lowest BCUT2D eigenvalue weighted by Crippen LogP contribution is -1.94. The molecule has 0 radical (unpaired) electrons. The van der Waals surface area contributed by atoms with Crippen molar-refractivity contribution in [1.82, 2.24) is 9.38 Å². The van der Waals surface area contributed by atoms with Crippen LogP contribution in [-0.2, 0) is 0 Å². The molecule has 1 aromatic carbocycles. The number of nitrogen functional groups attached to an aromatic ring is 1. The molecule has 0 saturated carbocycles. The van der Waals surface area contributed by atoms with Gasteiger partial charge in [-0.1, -0.05) is 41.4 Å². The minimum Gasteiger partial charge on any atom is -0.396 e. The van der Waals surface area contributed by atoms with Gasteiger partial charge >= 0.3 is 0 Å². The summed E-state index contributed by atoms with van der Waals surface area (Å²) in [7, 11) is 0. The molecule has 3 aromatic rings. The van der Waals surface area contributed by atoms with E-state index in [1.807, 2.05) is 11.3 Å². The lowest BCUT2D eigenvalue weighted by Gasteiger charge is -2.02. The number of benzene rings is 1. The molecule has 3 rings (SSSR count). The molecule has 0 spiro atoms. The van der Waals surface area contributed by atoms with Gasteiger partial charge in [0.25, 0.3) is 0 Å². The summed E-state index contributed by atoms with van der Waals surface area (Å²) in [6, 6.07) is 11.8. The predicted octanol–water partition coefficient (Wildman–Crippen LogP) is 3.85. The van der Waals surface area contributed by atoms with Crippen LogP contribution in [0.1, 0.15) is 11.3 Å². The number of aromatic nitrogens is 2. The number of hydrogen-bond acceptors (Lipinski definition) is 2. The van der Waals surface area contributed by atoms with E-state index in [4.69, 9.17) is 17.3 Å². The number of anilines is 1. The number of halogens is 1. The van der Waals surface area contributed by atoms with Gasteiger partial charge in [0, 0.05) is 11.3 Å². The molecule has 4 heteroatoms. The molecule has 2 N–H and O–H groups in total. The molecule has 0 aliphatic heterocycles. The maximum Gasteiger partial charge on any atom is 0.162 e. The Morgan fingerprint density at radius 3 is 2.37 bits per heavy atom. The van der Waals surface area contributed by atoms with Crippen LogP contribution in [0.15, 0.2) is 36.4 Å².